The molecule has 1 heterocycles. The van der Waals surface area contributed by atoms with Crippen molar-refractivity contribution in [1.29, 1.82) is 5.26 Å². The average molecular weight is 397 g/mol. The van der Waals surface area contributed by atoms with Gasteiger partial charge in [0, 0.05) is 16.4 Å². The lowest BCUT2D eigenvalue weighted by Crippen LogP contribution is -2.38. The quantitative estimate of drug-likeness (QED) is 0.850. The van der Waals surface area contributed by atoms with Gasteiger partial charge in [-0.25, -0.2) is 4.99 Å². The maximum Gasteiger partial charge on any atom is 0.274 e. The van der Waals surface area contributed by atoms with Crippen LogP contribution in [0.2, 0.25) is 0 Å². The summed E-state index contributed by atoms with van der Waals surface area (Å²) >= 11 is 3.49. The van der Waals surface area contributed by atoms with Gasteiger partial charge >= 0.3 is 0 Å². The van der Waals surface area contributed by atoms with Crippen LogP contribution < -0.4 is 15.4 Å². The number of anilines is 1. The van der Waals surface area contributed by atoms with E-state index in [0.717, 1.165) is 27.0 Å². The minimum atomic E-state index is -0.571. The summed E-state index contributed by atoms with van der Waals surface area (Å²) in [4.78, 5) is 6.26. The molecular weight excluding hydrogens is 380 g/mol. The molecule has 1 aliphatic rings. The lowest BCUT2D eigenvalue weighted by atomic mass is 10.1. The molecule has 126 valence electrons. The number of hydrogen-bond acceptors (Lipinski definition) is 5. The Balaban J connectivity index is 1.94. The number of ether oxygens (including phenoxy) is 1. The first-order valence-electron chi connectivity index (χ1n) is 7.70. The van der Waals surface area contributed by atoms with Gasteiger partial charge in [0.25, 0.3) is 6.35 Å². The topological polar surface area (TPSA) is 74.6 Å². The first kappa shape index (κ1) is 17.1. The lowest BCUT2D eigenvalue weighted by Gasteiger charge is -2.31. The van der Waals surface area contributed by atoms with Gasteiger partial charge in [-0.3, -0.25) is 4.90 Å². The Kier molecular flexibility index (Phi) is 4.77. The summed E-state index contributed by atoms with van der Waals surface area (Å²) in [5, 5.41) is 8.96. The van der Waals surface area contributed by atoms with E-state index in [-0.39, 0.29) is 0 Å². The fourth-order valence-corrected chi connectivity index (χ4v) is 3.35. The van der Waals surface area contributed by atoms with Gasteiger partial charge in [-0.1, -0.05) is 15.9 Å². The van der Waals surface area contributed by atoms with Crippen LogP contribution in [0, 0.1) is 25.2 Å². The van der Waals surface area contributed by atoms with E-state index in [2.05, 4.69) is 27.0 Å². The van der Waals surface area contributed by atoms with E-state index in [1.807, 2.05) is 43.0 Å². The molecule has 1 aliphatic heterocycles. The highest BCUT2D eigenvalue weighted by atomic mass is 79.9. The van der Waals surface area contributed by atoms with Crippen molar-refractivity contribution in [3.63, 3.8) is 0 Å². The summed E-state index contributed by atoms with van der Waals surface area (Å²) in [5.74, 6) is 0.790. The summed E-state index contributed by atoms with van der Waals surface area (Å²) < 4.78 is 7.20. The average Bonchev–Trinajstić information content (AvgIpc) is 2.59. The van der Waals surface area contributed by atoms with Gasteiger partial charge < -0.3 is 10.5 Å². The number of allylic oxidation sites excluding steroid dienone is 1. The van der Waals surface area contributed by atoms with E-state index in [4.69, 9.17) is 15.7 Å². The Bertz CT molecular complexity index is 874. The fourth-order valence-electron chi connectivity index (χ4n) is 2.67. The van der Waals surface area contributed by atoms with E-state index in [9.17, 15) is 0 Å². The van der Waals surface area contributed by atoms with Gasteiger partial charge in [0.15, 0.2) is 0 Å². The van der Waals surface area contributed by atoms with Crippen LogP contribution in [-0.4, -0.2) is 12.6 Å². The highest BCUT2D eigenvalue weighted by Crippen LogP contribution is 2.30. The number of hydrogen-bond donors (Lipinski definition) is 1. The van der Waals surface area contributed by atoms with E-state index in [0.29, 0.717) is 11.3 Å². The Hall–Kier alpha value is -2.78. The van der Waals surface area contributed by atoms with Crippen LogP contribution in [0.5, 0.6) is 5.75 Å². The molecule has 5 nitrogen and oxygen atoms in total. The van der Waals surface area contributed by atoms with Gasteiger partial charge in [-0.15, -0.1) is 0 Å². The van der Waals surface area contributed by atoms with Crippen LogP contribution in [0.1, 0.15) is 16.7 Å². The molecule has 0 fully saturated rings. The summed E-state index contributed by atoms with van der Waals surface area (Å²) in [6.07, 6.45) is 2.80. The highest BCUT2D eigenvalue weighted by molar-refractivity contribution is 9.10. The van der Waals surface area contributed by atoms with Crippen molar-refractivity contribution in [3.8, 4) is 11.8 Å². The molecule has 1 atom stereocenters. The minimum Gasteiger partial charge on any atom is -0.450 e. The van der Waals surface area contributed by atoms with Gasteiger partial charge in [-0.05, 0) is 61.4 Å². The number of nitriles is 1. The van der Waals surface area contributed by atoms with Crippen LogP contribution in [-0.2, 0) is 0 Å². The lowest BCUT2D eigenvalue weighted by molar-refractivity contribution is 0.212. The normalized spacial score (nSPS) is 16.3. The molecule has 0 bridgehead atoms. The molecule has 25 heavy (non-hydrogen) atoms. The smallest absolute Gasteiger partial charge is 0.274 e. The Morgan fingerprint density at radius 3 is 2.44 bits per heavy atom. The van der Waals surface area contributed by atoms with Gasteiger partial charge in [0.2, 0.25) is 0 Å². The zero-order valence-electron chi connectivity index (χ0n) is 13.9. The van der Waals surface area contributed by atoms with Gasteiger partial charge in [0.1, 0.15) is 5.75 Å². The third-order valence-electron chi connectivity index (χ3n) is 3.82. The van der Waals surface area contributed by atoms with Crippen LogP contribution in [0.3, 0.4) is 0 Å². The molecule has 3 rings (SSSR count). The van der Waals surface area contributed by atoms with Crippen molar-refractivity contribution < 1.29 is 4.74 Å². The van der Waals surface area contributed by atoms with E-state index >= 15 is 0 Å². The molecule has 1 unspecified atom stereocenters. The molecule has 0 saturated carbocycles. The van der Waals surface area contributed by atoms with Crippen LogP contribution >= 0.6 is 15.9 Å². The number of rotatable bonds is 3. The first-order chi connectivity index (χ1) is 12.0. The number of benzene rings is 2. The Morgan fingerprint density at radius 2 is 1.84 bits per heavy atom. The van der Waals surface area contributed by atoms with E-state index < -0.39 is 6.35 Å². The van der Waals surface area contributed by atoms with E-state index in [1.165, 1.54) is 0 Å². The number of halogens is 1. The van der Waals surface area contributed by atoms with Gasteiger partial charge in [0.05, 0.1) is 23.5 Å². The van der Waals surface area contributed by atoms with Crippen molar-refractivity contribution in [2.24, 2.45) is 10.7 Å². The van der Waals surface area contributed by atoms with Crippen LogP contribution in [0.4, 0.5) is 5.69 Å². The van der Waals surface area contributed by atoms with Crippen molar-refractivity contribution in [2.75, 3.05) is 4.90 Å². The number of aliphatic imine (C=N–C) groups is 1. The zero-order chi connectivity index (χ0) is 18.0. The predicted octanol–water partition coefficient (Wildman–Crippen LogP) is 3.99. The third kappa shape index (κ3) is 3.67. The fraction of sp³-hybridized carbons (Fsp3) is 0.158. The monoisotopic (exact) mass is 396 g/mol. The molecule has 6 heteroatoms. The van der Waals surface area contributed by atoms with E-state index in [1.54, 1.807) is 24.5 Å². The standard InChI is InChI=1S/C19H17BrN4O/c1-12-7-15(20)8-13(2)18(12)25-19-23-10-16(22)11-24(19)17-5-3-14(9-21)4-6-17/h3-8,10-11,19H,22H2,1-2H3. The summed E-state index contributed by atoms with van der Waals surface area (Å²) in [6.45, 7) is 3.99. The maximum atomic E-state index is 8.96. The second kappa shape index (κ2) is 6.99. The SMILES string of the molecule is Cc1cc(Br)cc(C)c1OC1N=CC(N)=CN1c1ccc(C#N)cc1. The molecule has 2 N–H and O–H groups in total. The van der Waals surface area contributed by atoms with Crippen molar-refractivity contribution in [2.45, 2.75) is 20.2 Å². The number of nitrogens with two attached hydrogens (primary N) is 1. The minimum absolute atomic E-state index is 0.536. The Morgan fingerprint density at radius 1 is 1.20 bits per heavy atom. The largest absolute Gasteiger partial charge is 0.450 e. The third-order valence-corrected chi connectivity index (χ3v) is 4.28. The molecule has 0 aromatic heterocycles. The Labute approximate surface area is 155 Å². The first-order valence-corrected chi connectivity index (χ1v) is 8.49. The maximum absolute atomic E-state index is 8.96. The van der Waals surface area contributed by atoms with Crippen molar-refractivity contribution in [3.05, 3.63) is 69.5 Å². The molecular formula is C19H17BrN4O. The second-order valence-electron chi connectivity index (χ2n) is 5.79. The summed E-state index contributed by atoms with van der Waals surface area (Å²) in [6, 6.07) is 13.3. The molecule has 0 amide bonds. The van der Waals surface area contributed by atoms with Crippen molar-refractivity contribution in [1.82, 2.24) is 0 Å². The number of nitrogens with zero attached hydrogens (tertiary/aromatic N) is 3. The summed E-state index contributed by atoms with van der Waals surface area (Å²) in [5.41, 5.74) is 9.92. The second-order valence-corrected chi connectivity index (χ2v) is 6.70. The van der Waals surface area contributed by atoms with Crippen LogP contribution in [0.15, 0.2) is 57.8 Å². The number of aryl methyl sites for hydroxylation is 2. The highest BCUT2D eigenvalue weighted by Gasteiger charge is 2.22. The molecule has 2 aromatic rings. The molecule has 0 saturated heterocycles. The predicted molar refractivity (Wildman–Crippen MR) is 102 cm³/mol. The van der Waals surface area contributed by atoms with Crippen LogP contribution in [0.25, 0.3) is 0 Å². The summed E-state index contributed by atoms with van der Waals surface area (Å²) in [7, 11) is 0. The van der Waals surface area contributed by atoms with Gasteiger partial charge in [-0.2, -0.15) is 5.26 Å². The molecule has 0 spiro atoms. The molecule has 0 aliphatic carbocycles. The van der Waals surface area contributed by atoms with Crippen molar-refractivity contribution >= 4 is 27.8 Å². The zero-order valence-corrected chi connectivity index (χ0v) is 15.5. The molecule has 0 radical (unpaired) electrons. The molecule has 2 aromatic carbocycles.